The van der Waals surface area contributed by atoms with E-state index in [0.717, 1.165) is 49.0 Å². The zero-order valence-corrected chi connectivity index (χ0v) is 10.4. The van der Waals surface area contributed by atoms with Crippen LogP contribution >= 0.6 is 0 Å². The fraction of sp³-hybridized carbons (Fsp3) is 0.500. The lowest BCUT2D eigenvalue weighted by molar-refractivity contribution is 0.496. The molecule has 0 amide bonds. The van der Waals surface area contributed by atoms with Gasteiger partial charge in [-0.2, -0.15) is 4.98 Å². The number of rotatable bonds is 2. The topological polar surface area (TPSA) is 84.0 Å². The number of hydrogen-bond acceptors (Lipinski definition) is 5. The predicted molar refractivity (Wildman–Crippen MR) is 68.2 cm³/mol. The summed E-state index contributed by atoms with van der Waals surface area (Å²) in [7, 11) is 0. The molecule has 3 rings (SSSR count). The van der Waals surface area contributed by atoms with Crippen molar-refractivity contribution in [3.8, 4) is 11.4 Å². The van der Waals surface area contributed by atoms with Gasteiger partial charge in [-0.3, -0.25) is 5.10 Å². The number of aromatic nitrogens is 3. The second-order valence-corrected chi connectivity index (χ2v) is 4.70. The minimum atomic E-state index is 0.316. The van der Waals surface area contributed by atoms with Crippen molar-refractivity contribution in [1.29, 1.82) is 0 Å². The molecule has 2 aromatic rings. The Labute approximate surface area is 105 Å². The van der Waals surface area contributed by atoms with Crippen LogP contribution in [0.2, 0.25) is 0 Å². The number of aromatic amines is 1. The van der Waals surface area contributed by atoms with Crippen molar-refractivity contribution in [2.75, 3.05) is 18.0 Å². The van der Waals surface area contributed by atoms with E-state index in [9.17, 15) is 0 Å². The fourth-order valence-corrected chi connectivity index (χ4v) is 2.24. The highest BCUT2D eigenvalue weighted by Gasteiger charge is 2.20. The molecule has 0 bridgehead atoms. The zero-order chi connectivity index (χ0) is 12.5. The average Bonchev–Trinajstić information content (AvgIpc) is 2.98. The summed E-state index contributed by atoms with van der Waals surface area (Å²) in [6, 6.07) is 2.21. The maximum absolute atomic E-state index is 5.89. The van der Waals surface area contributed by atoms with Crippen LogP contribution in [0.25, 0.3) is 11.4 Å². The molecule has 2 aromatic heterocycles. The molecule has 1 aliphatic rings. The first-order valence-electron chi connectivity index (χ1n) is 6.21. The van der Waals surface area contributed by atoms with Crippen LogP contribution in [0.15, 0.2) is 16.7 Å². The van der Waals surface area contributed by atoms with E-state index in [1.165, 1.54) is 0 Å². The Hall–Kier alpha value is -1.82. The number of H-pyrrole nitrogens is 1. The summed E-state index contributed by atoms with van der Waals surface area (Å²) < 4.78 is 5.27. The van der Waals surface area contributed by atoms with Crippen LogP contribution in [0.4, 0.5) is 5.95 Å². The van der Waals surface area contributed by atoms with Crippen LogP contribution in [0.5, 0.6) is 0 Å². The molecule has 0 aromatic carbocycles. The van der Waals surface area contributed by atoms with E-state index in [4.69, 9.17) is 10.2 Å². The molecule has 3 N–H and O–H groups in total. The first kappa shape index (κ1) is 11.3. The van der Waals surface area contributed by atoms with Crippen LogP contribution in [-0.4, -0.2) is 34.3 Å². The van der Waals surface area contributed by atoms with Crippen molar-refractivity contribution >= 4 is 5.95 Å². The molecule has 96 valence electrons. The van der Waals surface area contributed by atoms with E-state index in [1.54, 1.807) is 6.26 Å². The Kier molecular flexibility index (Phi) is 2.79. The number of aryl methyl sites for hydroxylation is 1. The molecular formula is C12H17N5O. The van der Waals surface area contributed by atoms with Crippen LogP contribution in [0.1, 0.15) is 18.6 Å². The minimum Gasteiger partial charge on any atom is -0.469 e. The standard InChI is InChI=1S/C12H17N5O/c1-8-10(4-7-18-8)11-14-12(16-15-11)17-5-2-9(13)3-6-17/h4,7,9H,2-3,5-6,13H2,1H3,(H,14,15,16). The average molecular weight is 247 g/mol. The third-order valence-corrected chi connectivity index (χ3v) is 3.41. The molecule has 18 heavy (non-hydrogen) atoms. The van der Waals surface area contributed by atoms with Gasteiger partial charge in [0.1, 0.15) is 5.76 Å². The lowest BCUT2D eigenvalue weighted by Crippen LogP contribution is -2.40. The van der Waals surface area contributed by atoms with Crippen molar-refractivity contribution in [3.05, 3.63) is 18.1 Å². The predicted octanol–water partition coefficient (Wildman–Crippen LogP) is 1.30. The quantitative estimate of drug-likeness (QED) is 0.835. The van der Waals surface area contributed by atoms with E-state index in [2.05, 4.69) is 20.1 Å². The smallest absolute Gasteiger partial charge is 0.245 e. The Morgan fingerprint density at radius 3 is 2.89 bits per heavy atom. The Morgan fingerprint density at radius 2 is 2.22 bits per heavy atom. The summed E-state index contributed by atoms with van der Waals surface area (Å²) in [6.45, 7) is 3.75. The summed E-state index contributed by atoms with van der Waals surface area (Å²) in [4.78, 5) is 6.69. The van der Waals surface area contributed by atoms with Crippen LogP contribution < -0.4 is 10.6 Å². The molecule has 0 radical (unpaired) electrons. The molecule has 0 spiro atoms. The molecule has 1 fully saturated rings. The van der Waals surface area contributed by atoms with Gasteiger partial charge >= 0.3 is 0 Å². The molecule has 6 nitrogen and oxygen atoms in total. The van der Waals surface area contributed by atoms with Crippen molar-refractivity contribution in [1.82, 2.24) is 15.2 Å². The van der Waals surface area contributed by atoms with Crippen molar-refractivity contribution in [3.63, 3.8) is 0 Å². The third-order valence-electron chi connectivity index (χ3n) is 3.41. The maximum atomic E-state index is 5.89. The van der Waals surface area contributed by atoms with Gasteiger partial charge in [0.25, 0.3) is 0 Å². The number of anilines is 1. The van der Waals surface area contributed by atoms with Gasteiger partial charge < -0.3 is 15.1 Å². The molecule has 1 saturated heterocycles. The Bertz CT molecular complexity index is 524. The lowest BCUT2D eigenvalue weighted by Gasteiger charge is -2.28. The van der Waals surface area contributed by atoms with E-state index in [0.29, 0.717) is 6.04 Å². The number of nitrogens with two attached hydrogens (primary N) is 1. The molecule has 1 aliphatic heterocycles. The summed E-state index contributed by atoms with van der Waals surface area (Å²) >= 11 is 0. The van der Waals surface area contributed by atoms with Crippen molar-refractivity contribution < 1.29 is 4.42 Å². The summed E-state index contributed by atoms with van der Waals surface area (Å²) in [6.07, 6.45) is 3.65. The number of nitrogens with one attached hydrogen (secondary N) is 1. The zero-order valence-electron chi connectivity index (χ0n) is 10.4. The van der Waals surface area contributed by atoms with Gasteiger partial charge in [0.15, 0.2) is 5.82 Å². The van der Waals surface area contributed by atoms with E-state index < -0.39 is 0 Å². The molecular weight excluding hydrogens is 230 g/mol. The Balaban J connectivity index is 1.80. The third kappa shape index (κ3) is 1.99. The lowest BCUT2D eigenvalue weighted by atomic mass is 10.1. The van der Waals surface area contributed by atoms with Gasteiger partial charge in [0, 0.05) is 19.1 Å². The minimum absolute atomic E-state index is 0.316. The SMILES string of the molecule is Cc1occc1-c1nc(N2CCC(N)CC2)n[nH]1. The molecule has 0 unspecified atom stereocenters. The van der Waals surface area contributed by atoms with Crippen molar-refractivity contribution in [2.24, 2.45) is 5.73 Å². The number of nitrogens with zero attached hydrogens (tertiary/aromatic N) is 3. The van der Waals surface area contributed by atoms with Crippen LogP contribution in [-0.2, 0) is 0 Å². The highest BCUT2D eigenvalue weighted by molar-refractivity contribution is 5.58. The molecule has 0 atom stereocenters. The number of furan rings is 1. The van der Waals surface area contributed by atoms with Crippen molar-refractivity contribution in [2.45, 2.75) is 25.8 Å². The van der Waals surface area contributed by atoms with Gasteiger partial charge in [-0.05, 0) is 25.8 Å². The summed E-state index contributed by atoms with van der Waals surface area (Å²) in [5.41, 5.74) is 6.85. The van der Waals surface area contributed by atoms with Gasteiger partial charge in [-0.25, -0.2) is 0 Å². The van der Waals surface area contributed by atoms with E-state index >= 15 is 0 Å². The first-order valence-corrected chi connectivity index (χ1v) is 6.21. The van der Waals surface area contributed by atoms with Gasteiger partial charge in [0.05, 0.1) is 11.8 Å². The largest absolute Gasteiger partial charge is 0.469 e. The van der Waals surface area contributed by atoms with E-state index in [1.807, 2.05) is 13.0 Å². The summed E-state index contributed by atoms with van der Waals surface area (Å²) in [5, 5.41) is 7.23. The van der Waals surface area contributed by atoms with Gasteiger partial charge in [-0.1, -0.05) is 0 Å². The van der Waals surface area contributed by atoms with Crippen LogP contribution in [0.3, 0.4) is 0 Å². The second kappa shape index (κ2) is 4.45. The van der Waals surface area contributed by atoms with E-state index in [-0.39, 0.29) is 0 Å². The second-order valence-electron chi connectivity index (χ2n) is 4.70. The number of hydrogen-bond donors (Lipinski definition) is 2. The maximum Gasteiger partial charge on any atom is 0.245 e. The summed E-state index contributed by atoms with van der Waals surface area (Å²) in [5.74, 6) is 2.35. The molecule has 3 heterocycles. The van der Waals surface area contributed by atoms with Crippen LogP contribution in [0, 0.1) is 6.92 Å². The van der Waals surface area contributed by atoms with Gasteiger partial charge in [-0.15, -0.1) is 5.10 Å². The highest BCUT2D eigenvalue weighted by atomic mass is 16.3. The Morgan fingerprint density at radius 1 is 1.44 bits per heavy atom. The normalized spacial score (nSPS) is 17.3. The fourth-order valence-electron chi connectivity index (χ4n) is 2.24. The highest BCUT2D eigenvalue weighted by Crippen LogP contribution is 2.23. The monoisotopic (exact) mass is 247 g/mol. The molecule has 0 saturated carbocycles. The first-order chi connectivity index (χ1) is 8.74. The molecule has 0 aliphatic carbocycles. The molecule has 6 heteroatoms. The number of piperidine rings is 1. The van der Waals surface area contributed by atoms with Gasteiger partial charge in [0.2, 0.25) is 5.95 Å².